The van der Waals surface area contributed by atoms with Gasteiger partial charge in [0.2, 0.25) is 0 Å². The topological polar surface area (TPSA) is 0 Å². The molecule has 0 atom stereocenters. The highest BCUT2D eigenvalue weighted by atomic mass is 13.8. The second kappa shape index (κ2) is 4.38. The maximum absolute atomic E-state index is 3.63. The Morgan fingerprint density at radius 3 is 2.12 bits per heavy atom. The van der Waals surface area contributed by atoms with Crippen molar-refractivity contribution in [3.05, 3.63) is 36.5 Å². The highest BCUT2D eigenvalue weighted by molar-refractivity contribution is 5.27. The summed E-state index contributed by atoms with van der Waals surface area (Å²) in [6.45, 7) is 7.62. The van der Waals surface area contributed by atoms with E-state index in [1.54, 1.807) is 0 Å². The smallest absolute Gasteiger partial charge is 0.0309 e. The van der Waals surface area contributed by atoms with Gasteiger partial charge in [-0.2, -0.15) is 0 Å². The van der Waals surface area contributed by atoms with Crippen molar-refractivity contribution in [2.45, 2.75) is 13.8 Å². The number of allylic oxidation sites excluding steroid dienone is 5. The molecule has 0 spiro atoms. The van der Waals surface area contributed by atoms with Crippen LogP contribution in [0.1, 0.15) is 13.8 Å². The van der Waals surface area contributed by atoms with Crippen molar-refractivity contribution in [2.75, 3.05) is 0 Å². The molecule has 0 radical (unpaired) electrons. The number of hydrogen-bond donors (Lipinski definition) is 0. The van der Waals surface area contributed by atoms with Gasteiger partial charge in [-0.1, -0.05) is 30.9 Å². The van der Waals surface area contributed by atoms with Gasteiger partial charge in [0.15, 0.2) is 0 Å². The summed E-state index contributed by atoms with van der Waals surface area (Å²) in [6, 6.07) is 0. The SMILES string of the molecule is C=CC(C=CC)=CC. The van der Waals surface area contributed by atoms with Gasteiger partial charge in [0.05, 0.1) is 0 Å². The third-order valence-corrected chi connectivity index (χ3v) is 0.928. The van der Waals surface area contributed by atoms with E-state index in [-0.39, 0.29) is 0 Å². The minimum absolute atomic E-state index is 1.17. The lowest BCUT2D eigenvalue weighted by molar-refractivity contribution is 1.58. The monoisotopic (exact) mass is 108 g/mol. The van der Waals surface area contributed by atoms with Crippen LogP contribution in [0.5, 0.6) is 0 Å². The van der Waals surface area contributed by atoms with Crippen molar-refractivity contribution in [2.24, 2.45) is 0 Å². The van der Waals surface area contributed by atoms with Crippen molar-refractivity contribution in [1.82, 2.24) is 0 Å². The lowest BCUT2D eigenvalue weighted by Crippen LogP contribution is -1.63. The summed E-state index contributed by atoms with van der Waals surface area (Å²) in [5, 5.41) is 0. The Hall–Kier alpha value is -0.780. The van der Waals surface area contributed by atoms with Crippen LogP contribution in [0.2, 0.25) is 0 Å². The molecule has 0 saturated heterocycles. The molecule has 0 rings (SSSR count). The molecule has 0 fully saturated rings. The van der Waals surface area contributed by atoms with E-state index in [0.717, 1.165) is 0 Å². The molecular formula is C8H12. The molecule has 0 amide bonds. The van der Waals surface area contributed by atoms with Crippen LogP contribution >= 0.6 is 0 Å². The highest BCUT2D eigenvalue weighted by Gasteiger charge is 1.74. The Kier molecular flexibility index (Phi) is 3.95. The zero-order chi connectivity index (χ0) is 6.41. The normalized spacial score (nSPS) is 12.5. The fraction of sp³-hybridized carbons (Fsp3) is 0.250. The molecule has 0 heterocycles. The molecule has 0 aliphatic rings. The Morgan fingerprint density at radius 1 is 1.38 bits per heavy atom. The van der Waals surface area contributed by atoms with E-state index in [0.29, 0.717) is 0 Å². The first-order chi connectivity index (χ1) is 3.85. The van der Waals surface area contributed by atoms with Gasteiger partial charge in [0.25, 0.3) is 0 Å². The van der Waals surface area contributed by atoms with Crippen molar-refractivity contribution >= 4 is 0 Å². The van der Waals surface area contributed by atoms with Crippen LogP contribution in [-0.4, -0.2) is 0 Å². The molecule has 8 heavy (non-hydrogen) atoms. The molecule has 0 nitrogen and oxygen atoms in total. The van der Waals surface area contributed by atoms with Gasteiger partial charge in [-0.05, 0) is 19.4 Å². The second-order valence-electron chi connectivity index (χ2n) is 1.49. The van der Waals surface area contributed by atoms with E-state index in [2.05, 4.69) is 6.58 Å². The standard InChI is InChI=1S/C8H12/c1-4-7-8(5-2)6-3/h4-7H,2H2,1,3H3. The molecule has 0 aliphatic carbocycles. The molecule has 0 saturated carbocycles. The quantitative estimate of drug-likeness (QED) is 0.477. The average Bonchev–Trinajstić information content (AvgIpc) is 1.83. The maximum Gasteiger partial charge on any atom is -0.0309 e. The van der Waals surface area contributed by atoms with Crippen molar-refractivity contribution in [3.63, 3.8) is 0 Å². The average molecular weight is 108 g/mol. The van der Waals surface area contributed by atoms with Crippen LogP contribution in [0.25, 0.3) is 0 Å². The van der Waals surface area contributed by atoms with Crippen LogP contribution in [0.3, 0.4) is 0 Å². The molecule has 0 aromatic carbocycles. The lowest BCUT2D eigenvalue weighted by atomic mass is 10.2. The second-order valence-corrected chi connectivity index (χ2v) is 1.49. The molecule has 0 aromatic rings. The van der Waals surface area contributed by atoms with Crippen LogP contribution in [-0.2, 0) is 0 Å². The third kappa shape index (κ3) is 2.40. The van der Waals surface area contributed by atoms with E-state index < -0.39 is 0 Å². The molecule has 0 bridgehead atoms. The van der Waals surface area contributed by atoms with Gasteiger partial charge in [-0.15, -0.1) is 0 Å². The maximum atomic E-state index is 3.63. The van der Waals surface area contributed by atoms with Crippen molar-refractivity contribution < 1.29 is 0 Å². The first-order valence-corrected chi connectivity index (χ1v) is 2.76. The van der Waals surface area contributed by atoms with Gasteiger partial charge in [-0.3, -0.25) is 0 Å². The Labute approximate surface area is 51.2 Å². The minimum Gasteiger partial charge on any atom is -0.0985 e. The summed E-state index contributed by atoms with van der Waals surface area (Å²) < 4.78 is 0. The number of rotatable bonds is 2. The van der Waals surface area contributed by atoms with E-state index in [9.17, 15) is 0 Å². The molecule has 0 N–H and O–H groups in total. The summed E-state index contributed by atoms with van der Waals surface area (Å²) in [5.74, 6) is 0. The Bertz CT molecular complexity index is 116. The molecule has 0 heteroatoms. The highest BCUT2D eigenvalue weighted by Crippen LogP contribution is 1.95. The van der Waals surface area contributed by atoms with E-state index >= 15 is 0 Å². The molecule has 44 valence electrons. The van der Waals surface area contributed by atoms with Gasteiger partial charge < -0.3 is 0 Å². The fourth-order valence-electron chi connectivity index (χ4n) is 0.475. The predicted octanol–water partition coefficient (Wildman–Crippen LogP) is 2.69. The number of hydrogen-bond acceptors (Lipinski definition) is 0. The van der Waals surface area contributed by atoms with Crippen LogP contribution in [0, 0.1) is 0 Å². The molecule has 0 aromatic heterocycles. The molecular weight excluding hydrogens is 96.1 g/mol. The zero-order valence-corrected chi connectivity index (χ0v) is 5.52. The summed E-state index contributed by atoms with van der Waals surface area (Å²) in [6.07, 6.45) is 7.87. The van der Waals surface area contributed by atoms with Gasteiger partial charge >= 0.3 is 0 Å². The molecule has 0 aliphatic heterocycles. The Morgan fingerprint density at radius 2 is 2.00 bits per heavy atom. The largest absolute Gasteiger partial charge is 0.0985 e. The van der Waals surface area contributed by atoms with Crippen molar-refractivity contribution in [3.8, 4) is 0 Å². The summed E-state index contributed by atoms with van der Waals surface area (Å²) in [5.41, 5.74) is 1.17. The van der Waals surface area contributed by atoms with Crippen LogP contribution in [0.15, 0.2) is 36.5 Å². The minimum atomic E-state index is 1.17. The van der Waals surface area contributed by atoms with E-state index in [4.69, 9.17) is 0 Å². The first kappa shape index (κ1) is 7.22. The molecule has 0 unspecified atom stereocenters. The third-order valence-electron chi connectivity index (χ3n) is 0.928. The fourth-order valence-corrected chi connectivity index (χ4v) is 0.475. The summed E-state index contributed by atoms with van der Waals surface area (Å²) >= 11 is 0. The zero-order valence-electron chi connectivity index (χ0n) is 5.52. The van der Waals surface area contributed by atoms with E-state index in [1.807, 2.05) is 38.2 Å². The van der Waals surface area contributed by atoms with Gasteiger partial charge in [-0.25, -0.2) is 0 Å². The van der Waals surface area contributed by atoms with Crippen LogP contribution < -0.4 is 0 Å². The van der Waals surface area contributed by atoms with E-state index in [1.165, 1.54) is 5.57 Å². The summed E-state index contributed by atoms with van der Waals surface area (Å²) in [7, 11) is 0. The van der Waals surface area contributed by atoms with Crippen molar-refractivity contribution in [1.29, 1.82) is 0 Å². The van der Waals surface area contributed by atoms with Gasteiger partial charge in [0, 0.05) is 0 Å². The van der Waals surface area contributed by atoms with Crippen LogP contribution in [0.4, 0.5) is 0 Å². The first-order valence-electron chi connectivity index (χ1n) is 2.76. The summed E-state index contributed by atoms with van der Waals surface area (Å²) in [4.78, 5) is 0. The predicted molar refractivity (Wildman–Crippen MR) is 38.8 cm³/mol. The van der Waals surface area contributed by atoms with Gasteiger partial charge in [0.1, 0.15) is 0 Å². The Balaban J connectivity index is 3.91. The lowest BCUT2D eigenvalue weighted by Gasteiger charge is -1.84.